The Morgan fingerprint density at radius 3 is 2.22 bits per heavy atom. The standard InChI is InChI=1S/C15H28N2S/c1-10(2)13(9-16-15(5,6)7)8-14-17-11(3)12(4)18-14/h10,13,16H,8-9H2,1-7H3. The van der Waals surface area contributed by atoms with Gasteiger partial charge in [0, 0.05) is 16.8 Å². The Bertz CT molecular complexity index is 355. The van der Waals surface area contributed by atoms with E-state index in [-0.39, 0.29) is 5.54 Å². The third-order valence-corrected chi connectivity index (χ3v) is 4.44. The Balaban J connectivity index is 2.63. The molecule has 1 unspecified atom stereocenters. The molecule has 2 nitrogen and oxygen atoms in total. The van der Waals surface area contributed by atoms with Crippen LogP contribution in [0.25, 0.3) is 0 Å². The second-order valence-electron chi connectivity index (χ2n) is 6.59. The molecule has 18 heavy (non-hydrogen) atoms. The van der Waals surface area contributed by atoms with E-state index in [0.29, 0.717) is 11.8 Å². The first-order valence-corrected chi connectivity index (χ1v) is 7.68. The van der Waals surface area contributed by atoms with Crippen molar-refractivity contribution >= 4 is 11.3 Å². The van der Waals surface area contributed by atoms with E-state index in [4.69, 9.17) is 0 Å². The van der Waals surface area contributed by atoms with Crippen LogP contribution < -0.4 is 5.32 Å². The predicted octanol–water partition coefficient (Wildman–Crippen LogP) is 3.96. The lowest BCUT2D eigenvalue weighted by atomic mass is 9.91. The van der Waals surface area contributed by atoms with Gasteiger partial charge in [0.25, 0.3) is 0 Å². The highest BCUT2D eigenvalue weighted by Gasteiger charge is 2.19. The first-order chi connectivity index (χ1) is 8.19. The minimum Gasteiger partial charge on any atom is -0.312 e. The average molecular weight is 268 g/mol. The molecular formula is C15H28N2S. The summed E-state index contributed by atoms with van der Waals surface area (Å²) in [7, 11) is 0. The number of nitrogens with zero attached hydrogens (tertiary/aromatic N) is 1. The van der Waals surface area contributed by atoms with Crippen LogP contribution in [0.5, 0.6) is 0 Å². The van der Waals surface area contributed by atoms with E-state index in [9.17, 15) is 0 Å². The Hall–Kier alpha value is -0.410. The topological polar surface area (TPSA) is 24.9 Å². The molecule has 1 rings (SSSR count). The zero-order valence-corrected chi connectivity index (χ0v) is 13.7. The van der Waals surface area contributed by atoms with Crippen LogP contribution in [-0.4, -0.2) is 17.1 Å². The van der Waals surface area contributed by atoms with Crippen LogP contribution >= 0.6 is 11.3 Å². The van der Waals surface area contributed by atoms with E-state index < -0.39 is 0 Å². The molecule has 0 aliphatic rings. The lowest BCUT2D eigenvalue weighted by molar-refractivity contribution is 0.312. The molecule has 104 valence electrons. The largest absolute Gasteiger partial charge is 0.312 e. The number of hydrogen-bond acceptors (Lipinski definition) is 3. The molecule has 0 bridgehead atoms. The van der Waals surface area contributed by atoms with Gasteiger partial charge in [0.05, 0.1) is 10.7 Å². The molecule has 0 saturated heterocycles. The number of hydrogen-bond donors (Lipinski definition) is 1. The zero-order chi connectivity index (χ0) is 13.9. The second kappa shape index (κ2) is 6.16. The van der Waals surface area contributed by atoms with Crippen LogP contribution in [0, 0.1) is 25.7 Å². The molecule has 1 aromatic rings. The maximum Gasteiger partial charge on any atom is 0.0934 e. The molecule has 0 aromatic carbocycles. The summed E-state index contributed by atoms with van der Waals surface area (Å²) in [6, 6.07) is 0. The van der Waals surface area contributed by atoms with Crippen LogP contribution in [-0.2, 0) is 6.42 Å². The van der Waals surface area contributed by atoms with Crippen molar-refractivity contribution in [3.05, 3.63) is 15.6 Å². The lowest BCUT2D eigenvalue weighted by Gasteiger charge is -2.27. The Morgan fingerprint density at radius 1 is 1.22 bits per heavy atom. The van der Waals surface area contributed by atoms with E-state index >= 15 is 0 Å². The summed E-state index contributed by atoms with van der Waals surface area (Å²) in [5, 5.41) is 4.91. The normalized spacial score (nSPS) is 14.2. The van der Waals surface area contributed by atoms with Gasteiger partial charge in [-0.2, -0.15) is 0 Å². The molecule has 0 spiro atoms. The molecular weight excluding hydrogens is 240 g/mol. The summed E-state index contributed by atoms with van der Waals surface area (Å²) in [6.45, 7) is 16.6. The molecule has 0 aliphatic heterocycles. The Morgan fingerprint density at radius 2 is 1.83 bits per heavy atom. The smallest absolute Gasteiger partial charge is 0.0934 e. The molecule has 1 heterocycles. The first-order valence-electron chi connectivity index (χ1n) is 6.87. The molecule has 0 amide bonds. The zero-order valence-electron chi connectivity index (χ0n) is 12.9. The van der Waals surface area contributed by atoms with E-state index in [0.717, 1.165) is 13.0 Å². The molecule has 1 N–H and O–H groups in total. The molecule has 0 aliphatic carbocycles. The summed E-state index contributed by atoms with van der Waals surface area (Å²) in [4.78, 5) is 6.03. The summed E-state index contributed by atoms with van der Waals surface area (Å²) in [5.41, 5.74) is 1.39. The number of aryl methyl sites for hydroxylation is 2. The van der Waals surface area contributed by atoms with Crippen molar-refractivity contribution in [3.63, 3.8) is 0 Å². The first kappa shape index (κ1) is 15.6. The molecule has 1 aromatic heterocycles. The molecule has 0 saturated carbocycles. The summed E-state index contributed by atoms with van der Waals surface area (Å²) < 4.78 is 0. The van der Waals surface area contributed by atoms with Crippen molar-refractivity contribution in [2.75, 3.05) is 6.54 Å². The second-order valence-corrected chi connectivity index (χ2v) is 7.88. The third kappa shape index (κ3) is 5.07. The van der Waals surface area contributed by atoms with Crippen molar-refractivity contribution in [1.82, 2.24) is 10.3 Å². The molecule has 0 radical (unpaired) electrons. The fourth-order valence-electron chi connectivity index (χ4n) is 1.83. The van der Waals surface area contributed by atoms with Crippen molar-refractivity contribution in [2.45, 2.75) is 60.4 Å². The van der Waals surface area contributed by atoms with Crippen LogP contribution in [0.3, 0.4) is 0 Å². The maximum absolute atomic E-state index is 4.67. The van der Waals surface area contributed by atoms with Crippen molar-refractivity contribution < 1.29 is 0 Å². The summed E-state index contributed by atoms with van der Waals surface area (Å²) in [5.74, 6) is 1.35. The summed E-state index contributed by atoms with van der Waals surface area (Å²) >= 11 is 1.85. The average Bonchev–Trinajstić information content (AvgIpc) is 2.51. The Kier molecular flexibility index (Phi) is 5.35. The van der Waals surface area contributed by atoms with Gasteiger partial charge in [-0.25, -0.2) is 4.98 Å². The van der Waals surface area contributed by atoms with Crippen molar-refractivity contribution in [1.29, 1.82) is 0 Å². The third-order valence-electron chi connectivity index (χ3n) is 3.35. The van der Waals surface area contributed by atoms with Gasteiger partial charge < -0.3 is 5.32 Å². The minimum atomic E-state index is 0.196. The number of rotatable bonds is 5. The Labute approximate surface area is 116 Å². The van der Waals surface area contributed by atoms with Gasteiger partial charge in [-0.1, -0.05) is 13.8 Å². The molecule has 1 atom stereocenters. The molecule has 3 heteroatoms. The van der Waals surface area contributed by atoms with Crippen LogP contribution in [0.15, 0.2) is 0 Å². The highest BCUT2D eigenvalue weighted by molar-refractivity contribution is 7.11. The van der Waals surface area contributed by atoms with Crippen LogP contribution in [0.4, 0.5) is 0 Å². The fourth-order valence-corrected chi connectivity index (χ4v) is 2.86. The van der Waals surface area contributed by atoms with Crippen LogP contribution in [0.1, 0.15) is 50.2 Å². The highest BCUT2D eigenvalue weighted by Crippen LogP contribution is 2.23. The number of aromatic nitrogens is 1. The summed E-state index contributed by atoms with van der Waals surface area (Å²) in [6.07, 6.45) is 1.10. The molecule has 0 fully saturated rings. The number of nitrogens with one attached hydrogen (secondary N) is 1. The van der Waals surface area contributed by atoms with Gasteiger partial charge in [-0.15, -0.1) is 11.3 Å². The van der Waals surface area contributed by atoms with E-state index in [1.54, 1.807) is 0 Å². The quantitative estimate of drug-likeness (QED) is 0.874. The highest BCUT2D eigenvalue weighted by atomic mass is 32.1. The van der Waals surface area contributed by atoms with Gasteiger partial charge in [0.15, 0.2) is 0 Å². The van der Waals surface area contributed by atoms with Crippen molar-refractivity contribution in [2.24, 2.45) is 11.8 Å². The van der Waals surface area contributed by atoms with E-state index in [2.05, 4.69) is 58.8 Å². The van der Waals surface area contributed by atoms with Gasteiger partial charge >= 0.3 is 0 Å². The monoisotopic (exact) mass is 268 g/mol. The fraction of sp³-hybridized carbons (Fsp3) is 0.800. The SMILES string of the molecule is Cc1nc(CC(CNC(C)(C)C)C(C)C)sc1C. The maximum atomic E-state index is 4.67. The number of thiazole rings is 1. The van der Waals surface area contributed by atoms with E-state index in [1.165, 1.54) is 15.6 Å². The lowest BCUT2D eigenvalue weighted by Crippen LogP contribution is -2.40. The van der Waals surface area contributed by atoms with E-state index in [1.807, 2.05) is 11.3 Å². The predicted molar refractivity (Wildman–Crippen MR) is 81.4 cm³/mol. The van der Waals surface area contributed by atoms with Gasteiger partial charge in [-0.3, -0.25) is 0 Å². The van der Waals surface area contributed by atoms with Crippen molar-refractivity contribution in [3.8, 4) is 0 Å². The van der Waals surface area contributed by atoms with Gasteiger partial charge in [0.1, 0.15) is 0 Å². The van der Waals surface area contributed by atoms with Gasteiger partial charge in [0.2, 0.25) is 0 Å². The minimum absolute atomic E-state index is 0.196. The van der Waals surface area contributed by atoms with Gasteiger partial charge in [-0.05, 0) is 53.0 Å². The van der Waals surface area contributed by atoms with Crippen LogP contribution in [0.2, 0.25) is 0 Å².